The lowest BCUT2D eigenvalue weighted by molar-refractivity contribution is -0.384. The molecule has 0 spiro atoms. The zero-order chi connectivity index (χ0) is 69.3. The summed E-state index contributed by atoms with van der Waals surface area (Å²) in [5, 5.41) is 66.7. The number of anilines is 5. The van der Waals surface area contributed by atoms with E-state index in [9.17, 15) is 43.9 Å². The third-order valence-corrected chi connectivity index (χ3v) is 16.9. The van der Waals surface area contributed by atoms with E-state index in [1.54, 1.807) is 0 Å². The lowest BCUT2D eigenvalue weighted by Crippen LogP contribution is -2.46. The number of halogens is 10. The first-order chi connectivity index (χ1) is 45.7. The van der Waals surface area contributed by atoms with E-state index in [2.05, 4.69) is 101 Å². The highest BCUT2D eigenvalue weighted by molar-refractivity contribution is 6.40. The predicted octanol–water partition coefficient (Wildman–Crippen LogP) is 17.5. The number of nitro groups is 2. The van der Waals surface area contributed by atoms with Crippen molar-refractivity contribution < 1.29 is 23.0 Å². The molecule has 1 saturated heterocycles. The van der Waals surface area contributed by atoms with Crippen LogP contribution in [-0.4, -0.2) is 78.3 Å². The molecule has 22 nitrogen and oxygen atoms in total. The van der Waals surface area contributed by atoms with Crippen LogP contribution in [0.1, 0.15) is 79.1 Å². The van der Waals surface area contributed by atoms with Crippen molar-refractivity contribution in [2.45, 2.75) is 57.5 Å². The largest absolute Gasteiger partial charge is 0.397 e. The smallest absolute Gasteiger partial charge is 0.271 e. The van der Waals surface area contributed by atoms with E-state index in [-0.39, 0.29) is 86.4 Å². The number of pyridine rings is 6. The van der Waals surface area contributed by atoms with E-state index in [0.29, 0.717) is 61.9 Å². The molecule has 1 aliphatic rings. The molecule has 96 heavy (non-hydrogen) atoms. The Morgan fingerprint density at radius 3 is 1.53 bits per heavy atom. The van der Waals surface area contributed by atoms with Crippen molar-refractivity contribution in [1.82, 2.24) is 49.8 Å². The number of likely N-dealkylation sites (tertiary alicyclic amines) is 1. The van der Waals surface area contributed by atoms with Crippen LogP contribution in [0.2, 0.25) is 35.2 Å². The number of non-ortho nitro benzene ring substituents is 2. The van der Waals surface area contributed by atoms with Gasteiger partial charge in [0.1, 0.15) is 18.2 Å². The minimum atomic E-state index is -0.842. The van der Waals surface area contributed by atoms with Gasteiger partial charge >= 0.3 is 0 Å². The van der Waals surface area contributed by atoms with Gasteiger partial charge < -0.3 is 16.4 Å². The number of nitrogens with one attached hydrogen (secondary N) is 2. The van der Waals surface area contributed by atoms with Crippen LogP contribution in [0.3, 0.4) is 0 Å². The Labute approximate surface area is 578 Å². The van der Waals surface area contributed by atoms with Crippen molar-refractivity contribution in [2.24, 2.45) is 0 Å². The summed E-state index contributed by atoms with van der Waals surface area (Å²) < 4.78 is 41.2. The first kappa shape index (κ1) is 70.5. The number of fused-ring (bicyclic) bond motifs is 3. The highest BCUT2D eigenvalue weighted by Gasteiger charge is 2.30. The Morgan fingerprint density at radius 2 is 1.06 bits per heavy atom. The van der Waals surface area contributed by atoms with E-state index in [1.165, 1.54) is 79.6 Å². The standard InChI is InChI=1S/C34H33Cl2FN8.C15H6Cl2FN5O2.C10H3Cl2N3O2.C5H4ClFN2/c1-34(2,3)44-11-9-25(10-12-44)45-20-30(42-43-45)26(22-7-5-4-6-8-22)13-21-14-27-31(41-24-16-29(36)33(37)40-19-24)23(17-38)18-39-32(27)28(35)15-21;16-11-3-9(23(24)25)2-10-13(7(4-19)5-20-14(10)11)22-8-1-12(17)15(18)21-6-8;11-8-2-6(15(16)17)1-7-9(12)5(3-13)4-14-10(7)8;6-4-1-3(8)2-9-5(4)7/h4-8,14-16,18-20,25-26H,9-13H2,1-3H3,(H,39,41);1-3,5-6H,(H,20,22);1-2,4H;1-2H,8H2/t26-;;;/m0.../s1. The molecule has 1 atom stereocenters. The molecule has 0 saturated carbocycles. The maximum atomic E-state index is 13.7. The van der Waals surface area contributed by atoms with Crippen LogP contribution >= 0.6 is 81.2 Å². The van der Waals surface area contributed by atoms with Crippen molar-refractivity contribution in [3.05, 3.63) is 235 Å². The van der Waals surface area contributed by atoms with E-state index in [4.69, 9.17) is 92.2 Å². The zero-order valence-corrected chi connectivity index (χ0v) is 55.3. The van der Waals surface area contributed by atoms with Crippen molar-refractivity contribution in [1.29, 1.82) is 15.8 Å². The zero-order valence-electron chi connectivity index (χ0n) is 50.0. The summed E-state index contributed by atoms with van der Waals surface area (Å²) in [4.78, 5) is 46.0. The fourth-order valence-corrected chi connectivity index (χ4v) is 11.6. The highest BCUT2D eigenvalue weighted by atomic mass is 35.5. The van der Waals surface area contributed by atoms with Crippen LogP contribution in [-0.2, 0) is 6.42 Å². The molecule has 11 aromatic rings. The first-order valence-electron chi connectivity index (χ1n) is 28.2. The molecule has 4 aromatic carbocycles. The number of aromatic nitrogens is 9. The summed E-state index contributed by atoms with van der Waals surface area (Å²) in [7, 11) is 0. The Bertz CT molecular complexity index is 4950. The van der Waals surface area contributed by atoms with Crippen molar-refractivity contribution >= 4 is 154 Å². The Hall–Kier alpha value is -9.85. The summed E-state index contributed by atoms with van der Waals surface area (Å²) in [5.41, 5.74) is 11.3. The van der Waals surface area contributed by atoms with Crippen molar-refractivity contribution in [3.63, 3.8) is 0 Å². The van der Waals surface area contributed by atoms with Crippen LogP contribution in [0.25, 0.3) is 32.7 Å². The second-order valence-electron chi connectivity index (χ2n) is 22.0. The quantitative estimate of drug-likeness (QED) is 0.0615. The van der Waals surface area contributed by atoms with Gasteiger partial charge in [-0.15, -0.1) is 5.10 Å². The third kappa shape index (κ3) is 16.6. The molecule has 7 aromatic heterocycles. The van der Waals surface area contributed by atoms with Crippen LogP contribution < -0.4 is 16.4 Å². The second kappa shape index (κ2) is 30.7. The Balaban J connectivity index is 0.000000176. The van der Waals surface area contributed by atoms with Gasteiger partial charge in [0.25, 0.3) is 11.4 Å². The molecule has 8 heterocycles. The molecule has 0 radical (unpaired) electrons. The van der Waals surface area contributed by atoms with Gasteiger partial charge in [-0.25, -0.2) is 19.6 Å². The fraction of sp³-hybridized carbons (Fsp3) is 0.172. The number of nitrogens with two attached hydrogens (primary N) is 1. The average Bonchev–Trinajstić information content (AvgIpc) is 0.903. The van der Waals surface area contributed by atoms with Crippen LogP contribution in [0.4, 0.5) is 53.0 Å². The lowest BCUT2D eigenvalue weighted by atomic mass is 9.89. The van der Waals surface area contributed by atoms with Crippen LogP contribution in [0, 0.1) is 72.1 Å². The Kier molecular flexibility index (Phi) is 22.5. The number of nitriles is 3. The molecule has 32 heteroatoms. The molecule has 486 valence electrons. The molecular formula is C64H46Cl7F3N18O4. The average molecular weight is 1440 g/mol. The van der Waals surface area contributed by atoms with E-state index >= 15 is 0 Å². The maximum absolute atomic E-state index is 13.7. The van der Waals surface area contributed by atoms with Gasteiger partial charge in [-0.2, -0.15) is 29.0 Å². The van der Waals surface area contributed by atoms with Gasteiger partial charge in [0.05, 0.1) is 137 Å². The summed E-state index contributed by atoms with van der Waals surface area (Å²) in [6, 6.07) is 29.3. The fourth-order valence-electron chi connectivity index (χ4n) is 10.1. The molecule has 12 rings (SSSR count). The summed E-state index contributed by atoms with van der Waals surface area (Å²) >= 11 is 41.7. The number of hydrogen-bond acceptors (Lipinski definition) is 19. The van der Waals surface area contributed by atoms with E-state index < -0.39 is 27.7 Å². The number of rotatable bonds is 11. The first-order valence-corrected chi connectivity index (χ1v) is 30.8. The lowest BCUT2D eigenvalue weighted by Gasteiger charge is -2.40. The molecule has 1 fully saturated rings. The minimum absolute atomic E-state index is 0.0463. The van der Waals surface area contributed by atoms with Gasteiger partial charge in [-0.1, -0.05) is 117 Å². The van der Waals surface area contributed by atoms with Crippen molar-refractivity contribution in [2.75, 3.05) is 29.5 Å². The molecule has 4 N–H and O–H groups in total. The number of hydrogen-bond donors (Lipinski definition) is 3. The third-order valence-electron chi connectivity index (χ3n) is 14.8. The SMILES string of the molecule is CC(C)(C)N1CCC(n2cc([C@@H](Cc3cc(Cl)c4ncc(C#N)c(Nc5cnc(F)c(Cl)c5)c4c3)c3ccccc3)nn2)CC1.N#Cc1cnc2c(Cl)cc([N+](=O)[O-])cc2c1Cl.N#Cc1cnc2c(Cl)cc([N+](=O)[O-])cc2c1Nc1cnc(F)c(Cl)c1.Nc1cnc(F)c(Cl)c1. The van der Waals surface area contributed by atoms with Gasteiger partial charge in [0.15, 0.2) is 0 Å². The van der Waals surface area contributed by atoms with E-state index in [1.807, 2.05) is 47.2 Å². The number of piperidine rings is 1. The number of benzene rings is 4. The molecule has 0 aliphatic carbocycles. The van der Waals surface area contributed by atoms with Crippen LogP contribution in [0.5, 0.6) is 0 Å². The monoisotopic (exact) mass is 1430 g/mol. The highest BCUT2D eigenvalue weighted by Crippen LogP contribution is 2.40. The number of nitrogens with zero attached hydrogens (tertiary/aromatic N) is 15. The topological polar surface area (TPSA) is 319 Å². The minimum Gasteiger partial charge on any atom is -0.397 e. The van der Waals surface area contributed by atoms with Gasteiger partial charge in [0, 0.05) is 89.8 Å². The van der Waals surface area contributed by atoms with E-state index in [0.717, 1.165) is 42.8 Å². The number of nitrogen functional groups attached to an aromatic ring is 1. The molecule has 1 aliphatic heterocycles. The van der Waals surface area contributed by atoms with Gasteiger partial charge in [-0.05, 0) is 81.5 Å². The normalized spacial score (nSPS) is 12.6. The number of nitro benzene ring substituents is 2. The Morgan fingerprint density at radius 1 is 0.604 bits per heavy atom. The predicted molar refractivity (Wildman–Crippen MR) is 363 cm³/mol. The van der Waals surface area contributed by atoms with Gasteiger partial charge in [0.2, 0.25) is 17.8 Å². The molecular weight excluding hydrogens is 1390 g/mol. The summed E-state index contributed by atoms with van der Waals surface area (Å²) in [6.07, 6.45) is 12.4. The second-order valence-corrected chi connectivity index (χ2v) is 24.8. The maximum Gasteiger partial charge on any atom is 0.271 e. The summed E-state index contributed by atoms with van der Waals surface area (Å²) in [5.74, 6) is -2.39. The van der Waals surface area contributed by atoms with Gasteiger partial charge in [-0.3, -0.25) is 40.1 Å². The molecule has 0 bridgehead atoms. The van der Waals surface area contributed by atoms with Crippen molar-refractivity contribution in [3.8, 4) is 18.2 Å². The molecule has 0 amide bonds. The molecule has 0 unspecified atom stereocenters. The van der Waals surface area contributed by atoms with Crippen LogP contribution in [0.15, 0.2) is 128 Å². The summed E-state index contributed by atoms with van der Waals surface area (Å²) in [6.45, 7) is 8.83.